The molecule has 0 bridgehead atoms. The van der Waals surface area contributed by atoms with E-state index in [-0.39, 0.29) is 0 Å². The van der Waals surface area contributed by atoms with E-state index in [1.165, 1.54) is 0 Å². The number of thiophene rings is 1. The normalized spacial score (nSPS) is 11.3. The molecule has 0 atom stereocenters. The van der Waals surface area contributed by atoms with Gasteiger partial charge >= 0.3 is 0 Å². The molecule has 0 radical (unpaired) electrons. The molecule has 102 valence electrons. The van der Waals surface area contributed by atoms with Crippen LogP contribution in [0.4, 0.5) is 11.4 Å². The Labute approximate surface area is 124 Å². The van der Waals surface area contributed by atoms with Gasteiger partial charge in [0.1, 0.15) is 0 Å². The zero-order valence-corrected chi connectivity index (χ0v) is 13.0. The number of hydrogen-bond donors (Lipinski definition) is 3. The van der Waals surface area contributed by atoms with Crippen LogP contribution < -0.4 is 15.2 Å². The Morgan fingerprint density at radius 2 is 2.00 bits per heavy atom. The fourth-order valence-electron chi connectivity index (χ4n) is 1.50. The molecule has 19 heavy (non-hydrogen) atoms. The molecular formula is C11H12BrN3O2S2. The minimum Gasteiger partial charge on any atom is -0.381 e. The van der Waals surface area contributed by atoms with E-state index in [0.29, 0.717) is 12.2 Å². The third kappa shape index (κ3) is 4.83. The fraction of sp³-hybridized carbons (Fsp3) is 0.0909. The van der Waals surface area contributed by atoms with Crippen LogP contribution in [0.1, 0.15) is 5.56 Å². The van der Waals surface area contributed by atoms with Gasteiger partial charge in [-0.3, -0.25) is 4.72 Å². The van der Waals surface area contributed by atoms with E-state index in [2.05, 4.69) is 26.0 Å². The lowest BCUT2D eigenvalue weighted by Crippen LogP contribution is -2.21. The van der Waals surface area contributed by atoms with Gasteiger partial charge in [0, 0.05) is 12.2 Å². The van der Waals surface area contributed by atoms with Crippen LogP contribution in [-0.4, -0.2) is 8.42 Å². The monoisotopic (exact) mass is 361 g/mol. The summed E-state index contributed by atoms with van der Waals surface area (Å²) >= 11 is 5.02. The lowest BCUT2D eigenvalue weighted by molar-refractivity contribution is 0.603. The van der Waals surface area contributed by atoms with Crippen LogP contribution in [0.2, 0.25) is 0 Å². The number of rotatable bonds is 5. The maximum Gasteiger partial charge on any atom is 0.296 e. The number of halogens is 1. The van der Waals surface area contributed by atoms with Gasteiger partial charge in [-0.05, 0) is 51.1 Å². The fourth-order valence-corrected chi connectivity index (χ4v) is 3.16. The van der Waals surface area contributed by atoms with Crippen molar-refractivity contribution in [1.29, 1.82) is 0 Å². The highest BCUT2D eigenvalue weighted by atomic mass is 79.9. The zero-order valence-electron chi connectivity index (χ0n) is 9.76. The summed E-state index contributed by atoms with van der Waals surface area (Å²) in [7, 11) is -3.74. The second kappa shape index (κ2) is 5.91. The molecule has 0 aliphatic heterocycles. The molecule has 5 nitrogen and oxygen atoms in total. The minimum absolute atomic E-state index is 0.430. The maximum atomic E-state index is 10.9. The average molecular weight is 362 g/mol. The molecule has 0 aliphatic carbocycles. The molecule has 8 heteroatoms. The number of hydrogen-bond acceptors (Lipinski definition) is 4. The summed E-state index contributed by atoms with van der Waals surface area (Å²) in [5.41, 5.74) is 2.40. The topological polar surface area (TPSA) is 84.2 Å². The first-order chi connectivity index (χ1) is 8.92. The lowest BCUT2D eigenvalue weighted by atomic mass is 10.2. The van der Waals surface area contributed by atoms with Crippen molar-refractivity contribution in [2.75, 3.05) is 10.0 Å². The predicted molar refractivity (Wildman–Crippen MR) is 82.5 cm³/mol. The first kappa shape index (κ1) is 14.3. The summed E-state index contributed by atoms with van der Waals surface area (Å²) in [5, 5.41) is 10.2. The molecule has 2 rings (SSSR count). The van der Waals surface area contributed by atoms with Crippen molar-refractivity contribution in [3.8, 4) is 0 Å². The van der Waals surface area contributed by atoms with Gasteiger partial charge in [-0.15, -0.1) is 11.3 Å². The van der Waals surface area contributed by atoms with Crippen molar-refractivity contribution in [1.82, 2.24) is 0 Å². The quantitative estimate of drug-likeness (QED) is 0.765. The van der Waals surface area contributed by atoms with Crippen molar-refractivity contribution in [3.05, 3.63) is 45.1 Å². The predicted octanol–water partition coefficient (Wildman–Crippen LogP) is 2.74. The van der Waals surface area contributed by atoms with Gasteiger partial charge in [-0.1, -0.05) is 6.07 Å². The van der Waals surface area contributed by atoms with Gasteiger partial charge in [0.2, 0.25) is 0 Å². The number of nitrogens with two attached hydrogens (primary N) is 1. The van der Waals surface area contributed by atoms with Crippen LogP contribution in [0.25, 0.3) is 0 Å². The van der Waals surface area contributed by atoms with Crippen LogP contribution in [0.3, 0.4) is 0 Å². The standard InChI is InChI=1S/C11H12BrN3O2S2/c12-11-4-8(7-18-11)6-14-9-2-1-3-10(5-9)15-19(13,16)17/h1-5,7,14-15H,6H2,(H2,13,16,17). The Balaban J connectivity index is 2.03. The largest absolute Gasteiger partial charge is 0.381 e. The molecule has 0 spiro atoms. The molecule has 0 aliphatic rings. The van der Waals surface area contributed by atoms with Crippen molar-refractivity contribution < 1.29 is 8.42 Å². The van der Waals surface area contributed by atoms with Gasteiger partial charge in [-0.2, -0.15) is 8.42 Å². The maximum absolute atomic E-state index is 10.9. The third-order valence-electron chi connectivity index (χ3n) is 2.24. The van der Waals surface area contributed by atoms with Crippen LogP contribution >= 0.6 is 27.3 Å². The van der Waals surface area contributed by atoms with Gasteiger partial charge in [0.25, 0.3) is 10.2 Å². The van der Waals surface area contributed by atoms with E-state index < -0.39 is 10.2 Å². The molecule has 2 aromatic rings. The van der Waals surface area contributed by atoms with Crippen molar-refractivity contribution in [2.24, 2.45) is 5.14 Å². The molecule has 1 aromatic carbocycles. The van der Waals surface area contributed by atoms with Crippen LogP contribution in [0, 0.1) is 0 Å². The van der Waals surface area contributed by atoms with Gasteiger partial charge in [0.15, 0.2) is 0 Å². The first-order valence-corrected chi connectivity index (χ1v) is 8.52. The molecule has 4 N–H and O–H groups in total. The summed E-state index contributed by atoms with van der Waals surface area (Å²) < 4.78 is 25.2. The summed E-state index contributed by atoms with van der Waals surface area (Å²) in [6.45, 7) is 0.668. The highest BCUT2D eigenvalue weighted by Crippen LogP contribution is 2.22. The van der Waals surface area contributed by atoms with Crippen molar-refractivity contribution in [2.45, 2.75) is 6.54 Å². The molecule has 1 aromatic heterocycles. The van der Waals surface area contributed by atoms with E-state index in [0.717, 1.165) is 15.0 Å². The summed E-state index contributed by atoms with van der Waals surface area (Å²) in [6, 6.07) is 8.96. The molecule has 0 saturated heterocycles. The van der Waals surface area contributed by atoms with Crippen molar-refractivity contribution >= 4 is 48.9 Å². The smallest absolute Gasteiger partial charge is 0.296 e. The summed E-state index contributed by atoms with van der Waals surface area (Å²) in [5.74, 6) is 0. The van der Waals surface area contributed by atoms with Gasteiger partial charge < -0.3 is 5.32 Å². The minimum atomic E-state index is -3.74. The molecule has 1 heterocycles. The van der Waals surface area contributed by atoms with Gasteiger partial charge in [0.05, 0.1) is 9.47 Å². The van der Waals surface area contributed by atoms with Crippen LogP contribution in [0.5, 0.6) is 0 Å². The van der Waals surface area contributed by atoms with Crippen LogP contribution in [0.15, 0.2) is 39.5 Å². The Bertz CT molecular complexity index is 670. The van der Waals surface area contributed by atoms with E-state index in [4.69, 9.17) is 5.14 Å². The number of benzene rings is 1. The second-order valence-corrected chi connectivity index (χ2v) is 7.43. The SMILES string of the molecule is NS(=O)(=O)Nc1cccc(NCc2csc(Br)c2)c1. The van der Waals surface area contributed by atoms with Crippen LogP contribution in [-0.2, 0) is 16.8 Å². The third-order valence-corrected chi connectivity index (χ3v) is 4.31. The Hall–Kier alpha value is -1.09. The zero-order chi connectivity index (χ0) is 13.9. The highest BCUT2D eigenvalue weighted by Gasteiger charge is 2.03. The molecular weight excluding hydrogens is 350 g/mol. The van der Waals surface area contributed by atoms with Gasteiger partial charge in [-0.25, -0.2) is 5.14 Å². The van der Waals surface area contributed by atoms with E-state index >= 15 is 0 Å². The number of nitrogens with one attached hydrogen (secondary N) is 2. The van der Waals surface area contributed by atoms with Crippen molar-refractivity contribution in [3.63, 3.8) is 0 Å². The Morgan fingerprint density at radius 3 is 2.63 bits per heavy atom. The summed E-state index contributed by atoms with van der Waals surface area (Å²) in [4.78, 5) is 0. The Morgan fingerprint density at radius 1 is 1.26 bits per heavy atom. The molecule has 0 unspecified atom stereocenters. The molecule has 0 fully saturated rings. The molecule has 0 amide bonds. The number of anilines is 2. The van der Waals surface area contributed by atoms with E-state index in [1.54, 1.807) is 29.5 Å². The Kier molecular flexibility index (Phi) is 4.46. The highest BCUT2D eigenvalue weighted by molar-refractivity contribution is 9.11. The first-order valence-electron chi connectivity index (χ1n) is 5.30. The summed E-state index contributed by atoms with van der Waals surface area (Å²) in [6.07, 6.45) is 0. The second-order valence-electron chi connectivity index (χ2n) is 3.84. The van der Waals surface area contributed by atoms with E-state index in [9.17, 15) is 8.42 Å². The average Bonchev–Trinajstić information content (AvgIpc) is 2.71. The molecule has 0 saturated carbocycles. The van der Waals surface area contributed by atoms with E-state index in [1.807, 2.05) is 17.5 Å². The lowest BCUT2D eigenvalue weighted by Gasteiger charge is -2.08.